The molecule has 0 saturated carbocycles. The third-order valence-electron chi connectivity index (χ3n) is 1.07. The molecule has 3 nitrogen and oxygen atoms in total. The van der Waals surface area contributed by atoms with Crippen molar-refractivity contribution in [1.29, 1.82) is 0 Å². The molecule has 1 heterocycles. The van der Waals surface area contributed by atoms with Crippen LogP contribution >= 0.6 is 11.3 Å². The van der Waals surface area contributed by atoms with Gasteiger partial charge in [0.2, 0.25) is 0 Å². The van der Waals surface area contributed by atoms with Gasteiger partial charge in [0.1, 0.15) is 10.6 Å². The molecule has 1 aromatic rings. The Balaban J connectivity index is 2.84. The number of rotatable bonds is 3. The average molecular weight is 193 g/mol. The van der Waals surface area contributed by atoms with E-state index in [0.717, 1.165) is 11.3 Å². The zero-order valence-electron chi connectivity index (χ0n) is 5.79. The monoisotopic (exact) mass is 193 g/mol. The van der Waals surface area contributed by atoms with Crippen LogP contribution in [0.15, 0.2) is 11.4 Å². The van der Waals surface area contributed by atoms with Crippen molar-refractivity contribution in [3.05, 3.63) is 16.3 Å². The molecule has 0 spiro atoms. The molecule has 2 N–H and O–H groups in total. The minimum Gasteiger partial charge on any atom is -0.433 e. The first-order valence-corrected chi connectivity index (χ1v) is 3.81. The van der Waals surface area contributed by atoms with Crippen LogP contribution < -0.4 is 10.5 Å². The van der Waals surface area contributed by atoms with Gasteiger partial charge in [-0.15, -0.1) is 11.3 Å². The van der Waals surface area contributed by atoms with E-state index in [-0.39, 0.29) is 10.6 Å². The van der Waals surface area contributed by atoms with Crippen LogP contribution in [0.2, 0.25) is 0 Å². The number of alkyl halides is 2. The summed E-state index contributed by atoms with van der Waals surface area (Å²) in [4.78, 5) is 10.6. The third-order valence-corrected chi connectivity index (χ3v) is 1.98. The topological polar surface area (TPSA) is 52.3 Å². The van der Waals surface area contributed by atoms with Crippen LogP contribution in [0, 0.1) is 0 Å². The van der Waals surface area contributed by atoms with Gasteiger partial charge in [-0.1, -0.05) is 0 Å². The van der Waals surface area contributed by atoms with Crippen LogP contribution in [-0.2, 0) is 0 Å². The zero-order chi connectivity index (χ0) is 9.14. The predicted octanol–water partition coefficient (Wildman–Crippen LogP) is 1.45. The van der Waals surface area contributed by atoms with Gasteiger partial charge in [0.15, 0.2) is 0 Å². The molecule has 0 aliphatic rings. The number of nitrogens with two attached hydrogens (primary N) is 1. The van der Waals surface area contributed by atoms with Gasteiger partial charge in [-0.05, 0) is 11.4 Å². The van der Waals surface area contributed by atoms with Gasteiger partial charge in [-0.3, -0.25) is 4.79 Å². The summed E-state index contributed by atoms with van der Waals surface area (Å²) in [5.74, 6) is -0.928. The molecule has 1 aromatic heterocycles. The van der Waals surface area contributed by atoms with Crippen LogP contribution in [0.4, 0.5) is 8.78 Å². The standard InChI is InChI=1S/C6H5F2NO2S/c7-6(8)11-3-1-2-12-4(3)5(9)10/h1-2,6H,(H2,9,10). The summed E-state index contributed by atoms with van der Waals surface area (Å²) in [6.07, 6.45) is 0. The third kappa shape index (κ3) is 1.91. The summed E-state index contributed by atoms with van der Waals surface area (Å²) < 4.78 is 27.4. The van der Waals surface area contributed by atoms with E-state index in [9.17, 15) is 13.6 Å². The molecule has 1 rings (SSSR count). The smallest absolute Gasteiger partial charge is 0.387 e. The number of primary amides is 1. The van der Waals surface area contributed by atoms with E-state index < -0.39 is 12.5 Å². The van der Waals surface area contributed by atoms with E-state index in [1.807, 2.05) is 0 Å². The molecule has 12 heavy (non-hydrogen) atoms. The second kappa shape index (κ2) is 3.48. The second-order valence-electron chi connectivity index (χ2n) is 1.86. The van der Waals surface area contributed by atoms with Crippen molar-refractivity contribution in [3.8, 4) is 5.75 Å². The van der Waals surface area contributed by atoms with Crippen LogP contribution in [0.25, 0.3) is 0 Å². The van der Waals surface area contributed by atoms with Crippen molar-refractivity contribution >= 4 is 17.2 Å². The fourth-order valence-electron chi connectivity index (χ4n) is 0.666. The van der Waals surface area contributed by atoms with Crippen LogP contribution in [-0.4, -0.2) is 12.5 Å². The molecular formula is C6H5F2NO2S. The van der Waals surface area contributed by atoms with Crippen molar-refractivity contribution in [2.24, 2.45) is 5.73 Å². The lowest BCUT2D eigenvalue weighted by Crippen LogP contribution is -2.12. The maximum absolute atomic E-state index is 11.7. The van der Waals surface area contributed by atoms with Crippen molar-refractivity contribution in [2.45, 2.75) is 6.61 Å². The van der Waals surface area contributed by atoms with Crippen LogP contribution in [0.1, 0.15) is 9.67 Å². The van der Waals surface area contributed by atoms with Crippen molar-refractivity contribution in [3.63, 3.8) is 0 Å². The molecule has 66 valence electrons. The van der Waals surface area contributed by atoms with Gasteiger partial charge in [-0.25, -0.2) is 0 Å². The lowest BCUT2D eigenvalue weighted by atomic mass is 10.4. The number of carbonyl (C=O) groups excluding carboxylic acids is 1. The molecule has 1 amide bonds. The van der Waals surface area contributed by atoms with Gasteiger partial charge in [0, 0.05) is 0 Å². The summed E-state index contributed by atoms with van der Waals surface area (Å²) in [5.41, 5.74) is 4.88. The molecule has 6 heteroatoms. The molecular weight excluding hydrogens is 188 g/mol. The lowest BCUT2D eigenvalue weighted by molar-refractivity contribution is -0.0498. The fraction of sp³-hybridized carbons (Fsp3) is 0.167. The van der Waals surface area contributed by atoms with Crippen molar-refractivity contribution in [2.75, 3.05) is 0 Å². The highest BCUT2D eigenvalue weighted by atomic mass is 32.1. The highest BCUT2D eigenvalue weighted by Gasteiger charge is 2.14. The minimum atomic E-state index is -2.93. The molecule has 0 aliphatic heterocycles. The number of thiophene rings is 1. The first-order chi connectivity index (χ1) is 5.61. The maximum atomic E-state index is 11.7. The van der Waals surface area contributed by atoms with Gasteiger partial charge >= 0.3 is 6.61 Å². The Bertz CT molecular complexity index is 287. The van der Waals surface area contributed by atoms with Gasteiger partial charge in [0.05, 0.1) is 0 Å². The number of carbonyl (C=O) groups is 1. The summed E-state index contributed by atoms with van der Waals surface area (Å²) in [5, 5.41) is 1.46. The second-order valence-corrected chi connectivity index (χ2v) is 2.77. The Hall–Kier alpha value is -1.17. The molecule has 0 atom stereocenters. The molecule has 0 aromatic carbocycles. The summed E-state index contributed by atoms with van der Waals surface area (Å²) in [6, 6.07) is 1.27. The van der Waals surface area contributed by atoms with E-state index >= 15 is 0 Å². The van der Waals surface area contributed by atoms with E-state index in [4.69, 9.17) is 5.73 Å². The van der Waals surface area contributed by atoms with Crippen LogP contribution in [0.5, 0.6) is 5.75 Å². The summed E-state index contributed by atoms with van der Waals surface area (Å²) in [6.45, 7) is -2.93. The molecule has 0 unspecified atom stereocenters. The number of ether oxygens (including phenoxy) is 1. The predicted molar refractivity (Wildman–Crippen MR) is 39.5 cm³/mol. The normalized spacial score (nSPS) is 10.2. The number of amides is 1. The van der Waals surface area contributed by atoms with E-state index in [2.05, 4.69) is 4.74 Å². The van der Waals surface area contributed by atoms with Gasteiger partial charge in [-0.2, -0.15) is 8.78 Å². The van der Waals surface area contributed by atoms with Crippen molar-refractivity contribution < 1.29 is 18.3 Å². The highest BCUT2D eigenvalue weighted by molar-refractivity contribution is 7.12. The van der Waals surface area contributed by atoms with Gasteiger partial charge in [0.25, 0.3) is 5.91 Å². The van der Waals surface area contributed by atoms with E-state index in [1.54, 1.807) is 0 Å². The molecule has 0 aliphatic carbocycles. The zero-order valence-corrected chi connectivity index (χ0v) is 6.61. The first-order valence-electron chi connectivity index (χ1n) is 2.93. The highest BCUT2D eigenvalue weighted by Crippen LogP contribution is 2.25. The number of halogens is 2. The van der Waals surface area contributed by atoms with E-state index in [0.29, 0.717) is 0 Å². The SMILES string of the molecule is NC(=O)c1sccc1OC(F)F. The first kappa shape index (κ1) is 8.92. The lowest BCUT2D eigenvalue weighted by Gasteiger charge is -2.01. The quantitative estimate of drug-likeness (QED) is 0.789. The number of hydrogen-bond donors (Lipinski definition) is 1. The largest absolute Gasteiger partial charge is 0.433 e. The molecule has 0 saturated heterocycles. The summed E-state index contributed by atoms with van der Waals surface area (Å²) in [7, 11) is 0. The average Bonchev–Trinajstić information content (AvgIpc) is 2.33. The fourth-order valence-corrected chi connectivity index (χ4v) is 1.34. The Kier molecular flexibility index (Phi) is 2.59. The summed E-state index contributed by atoms with van der Waals surface area (Å²) >= 11 is 0.967. The Morgan fingerprint density at radius 2 is 2.33 bits per heavy atom. The van der Waals surface area contributed by atoms with E-state index in [1.165, 1.54) is 11.4 Å². The Labute approximate surface area is 70.7 Å². The maximum Gasteiger partial charge on any atom is 0.387 e. The van der Waals surface area contributed by atoms with Gasteiger partial charge < -0.3 is 10.5 Å². The molecule has 0 bridgehead atoms. The van der Waals surface area contributed by atoms with Crippen LogP contribution in [0.3, 0.4) is 0 Å². The minimum absolute atomic E-state index is 0.00954. The Morgan fingerprint density at radius 3 is 2.83 bits per heavy atom. The Morgan fingerprint density at radius 1 is 1.67 bits per heavy atom. The molecule has 0 fully saturated rings. The molecule has 0 radical (unpaired) electrons. The van der Waals surface area contributed by atoms with Crippen molar-refractivity contribution in [1.82, 2.24) is 0 Å². The number of hydrogen-bond acceptors (Lipinski definition) is 3.